The van der Waals surface area contributed by atoms with Crippen LogP contribution in [-0.2, 0) is 57.5 Å². The van der Waals surface area contributed by atoms with Crippen molar-refractivity contribution in [2.45, 2.75) is 193 Å². The van der Waals surface area contributed by atoms with Crippen molar-refractivity contribution in [3.63, 3.8) is 0 Å². The molecule has 26 nitrogen and oxygen atoms in total. The highest BCUT2D eigenvalue weighted by molar-refractivity contribution is 5.99. The lowest BCUT2D eigenvalue weighted by molar-refractivity contribution is -0.145. The fourth-order valence-corrected chi connectivity index (χ4v) is 8.56. The van der Waals surface area contributed by atoms with Crippen LogP contribution in [0.1, 0.15) is 132 Å². The van der Waals surface area contributed by atoms with Crippen LogP contribution in [0.2, 0.25) is 0 Å². The number of nitrogens with zero attached hydrogens (tertiary/aromatic N) is 2. The molecule has 0 spiro atoms. The fraction of sp³-hybridized carbons (Fsp3) is 0.750. The monoisotopic (exact) mass is 1050 g/mol. The Hall–Kier alpha value is -6.44. The number of carboxylic acids is 2. The number of hydrogen-bond donors (Lipinski definition) is 12. The highest BCUT2D eigenvalue weighted by atomic mass is 16.4. The molecule has 2 saturated heterocycles. The van der Waals surface area contributed by atoms with Crippen LogP contribution >= 0.6 is 0 Å². The number of nitrogens with two attached hydrogens (primary N) is 3. The van der Waals surface area contributed by atoms with Crippen molar-refractivity contribution in [2.24, 2.45) is 35.0 Å². The number of unbranched alkanes of at least 4 members (excludes halogenated alkanes) is 1. The molecule has 0 radical (unpaired) electrons. The molecule has 0 unspecified atom stereocenters. The Labute approximate surface area is 432 Å². The first-order chi connectivity index (χ1) is 34.6. The molecule has 26 heteroatoms. The first-order valence-electron chi connectivity index (χ1n) is 25.5. The van der Waals surface area contributed by atoms with Crippen molar-refractivity contribution in [1.29, 1.82) is 0 Å². The molecule has 0 aromatic heterocycles. The van der Waals surface area contributed by atoms with Gasteiger partial charge in [-0.15, -0.1) is 0 Å². The molecule has 10 amide bonds. The van der Waals surface area contributed by atoms with Gasteiger partial charge in [0.05, 0.1) is 6.04 Å². The van der Waals surface area contributed by atoms with Gasteiger partial charge < -0.3 is 74.4 Å². The van der Waals surface area contributed by atoms with Gasteiger partial charge in [0.1, 0.15) is 54.4 Å². The van der Waals surface area contributed by atoms with Crippen molar-refractivity contribution in [1.82, 2.24) is 47.0 Å². The number of likely N-dealkylation sites (tertiary alicyclic amines) is 2. The molecular weight excluding hydrogens is 969 g/mol. The van der Waals surface area contributed by atoms with Crippen molar-refractivity contribution >= 4 is 71.0 Å². The molecule has 2 fully saturated rings. The number of carbonyl (C=O) groups is 12. The average molecular weight is 1050 g/mol. The molecule has 2 aliphatic heterocycles. The summed E-state index contributed by atoms with van der Waals surface area (Å²) >= 11 is 0. The molecule has 2 rings (SSSR count). The summed E-state index contributed by atoms with van der Waals surface area (Å²) < 4.78 is 0. The zero-order valence-electron chi connectivity index (χ0n) is 44.0. The third kappa shape index (κ3) is 20.1. The van der Waals surface area contributed by atoms with E-state index in [2.05, 4.69) is 37.2 Å². The van der Waals surface area contributed by atoms with E-state index in [0.717, 1.165) is 0 Å². The number of hydrogen-bond acceptors (Lipinski definition) is 14. The SMILES string of the molecule is CC(C)C[C@H](NC(=O)[C@@H]1CCCN1C(=O)[C@@H](NC(=O)[C@@H]1CCCN1C(=O)[C@H](CCC(=O)O)NC(=O)[C@H](C)N)C(C)C)C(=O)N[C@H](C(=O)N[C@@H](CCCCN)C(=O)N[C@@H](CCC(N)=O)C(=O)N[C@@H](C)C(=O)O)C(C)C. The van der Waals surface area contributed by atoms with E-state index in [0.29, 0.717) is 25.7 Å². The van der Waals surface area contributed by atoms with Gasteiger partial charge in [-0.2, -0.15) is 0 Å². The van der Waals surface area contributed by atoms with Crippen molar-refractivity contribution in [2.75, 3.05) is 19.6 Å². The molecule has 0 saturated carbocycles. The molecule has 10 atom stereocenters. The Morgan fingerprint density at radius 2 is 1.03 bits per heavy atom. The van der Waals surface area contributed by atoms with E-state index < -0.39 is 150 Å². The third-order valence-corrected chi connectivity index (χ3v) is 12.8. The number of primary amides is 1. The molecule has 74 heavy (non-hydrogen) atoms. The number of carboxylic acid groups (broad SMARTS) is 2. The minimum absolute atomic E-state index is 0.0401. The first kappa shape index (κ1) is 63.7. The Kier molecular flexibility index (Phi) is 26.4. The number of nitrogens with one attached hydrogen (secondary N) is 7. The summed E-state index contributed by atoms with van der Waals surface area (Å²) in [7, 11) is 0. The van der Waals surface area contributed by atoms with E-state index in [1.165, 1.54) is 23.6 Å². The molecule has 2 heterocycles. The first-order valence-corrected chi connectivity index (χ1v) is 25.5. The van der Waals surface area contributed by atoms with Gasteiger partial charge >= 0.3 is 11.9 Å². The molecule has 2 aliphatic rings. The Balaban J connectivity index is 2.31. The molecular formula is C48H82N12O14. The molecule has 0 aliphatic carbocycles. The standard InChI is InChI=1S/C48H82N12O14/c1-24(2)23-32(42(67)57-37(25(3)4)45(70)54-29(13-9-10-20-49)41(66)53-30(16-18-35(51)61)40(65)52-28(8)48(73)74)56-43(68)33-14-12-22-60(33)47(72)38(26(5)6)58-44(69)34-15-11-21-59(34)46(71)31(17-19-36(62)63)55-39(64)27(7)50/h24-34,37-38H,9-23,49-50H2,1-8H3,(H2,51,61)(H,52,65)(H,53,66)(H,54,70)(H,55,64)(H,56,68)(H,57,67)(H,58,69)(H,62,63)(H,73,74)/t27-,28-,29-,30-,31-,32-,33-,34-,37-,38-/m0/s1. The van der Waals surface area contributed by atoms with E-state index in [9.17, 15) is 67.7 Å². The lowest BCUT2D eigenvalue weighted by Crippen LogP contribution is -2.61. The Morgan fingerprint density at radius 3 is 1.53 bits per heavy atom. The smallest absolute Gasteiger partial charge is 0.325 e. The average Bonchev–Trinajstić information content (AvgIpc) is 4.02. The van der Waals surface area contributed by atoms with Gasteiger partial charge in [-0.25, -0.2) is 0 Å². The minimum Gasteiger partial charge on any atom is -0.481 e. The van der Waals surface area contributed by atoms with E-state index in [1.54, 1.807) is 27.7 Å². The van der Waals surface area contributed by atoms with Gasteiger partial charge in [-0.1, -0.05) is 41.5 Å². The normalized spacial score (nSPS) is 18.7. The van der Waals surface area contributed by atoms with E-state index in [-0.39, 0.29) is 70.5 Å². The van der Waals surface area contributed by atoms with Crippen molar-refractivity contribution in [3.05, 3.63) is 0 Å². The Bertz CT molecular complexity index is 2020. The quantitative estimate of drug-likeness (QED) is 0.0318. The predicted molar refractivity (Wildman–Crippen MR) is 267 cm³/mol. The van der Waals surface area contributed by atoms with Gasteiger partial charge in [0, 0.05) is 25.9 Å². The van der Waals surface area contributed by atoms with Crippen LogP contribution in [0.4, 0.5) is 0 Å². The molecule has 15 N–H and O–H groups in total. The summed E-state index contributed by atoms with van der Waals surface area (Å²) in [6, 6.07) is -12.1. The van der Waals surface area contributed by atoms with Gasteiger partial charge in [0.15, 0.2) is 0 Å². The zero-order valence-corrected chi connectivity index (χ0v) is 44.0. The van der Waals surface area contributed by atoms with Crippen LogP contribution in [0.5, 0.6) is 0 Å². The lowest BCUT2D eigenvalue weighted by Gasteiger charge is -2.33. The summed E-state index contributed by atoms with van der Waals surface area (Å²) in [4.78, 5) is 161. The number of amides is 10. The molecule has 0 aromatic carbocycles. The Morgan fingerprint density at radius 1 is 0.541 bits per heavy atom. The highest BCUT2D eigenvalue weighted by Gasteiger charge is 2.43. The van der Waals surface area contributed by atoms with Crippen molar-refractivity contribution < 1.29 is 67.7 Å². The summed E-state index contributed by atoms with van der Waals surface area (Å²) in [5, 5.41) is 36.7. The van der Waals surface area contributed by atoms with Crippen molar-refractivity contribution in [3.8, 4) is 0 Å². The molecule has 0 aromatic rings. The zero-order chi connectivity index (χ0) is 56.1. The van der Waals surface area contributed by atoms with Gasteiger partial charge in [-0.3, -0.25) is 57.5 Å². The second kappa shape index (κ2) is 30.7. The van der Waals surface area contributed by atoms with Crippen LogP contribution in [0.15, 0.2) is 0 Å². The maximum Gasteiger partial charge on any atom is 0.325 e. The van der Waals surface area contributed by atoms with Crippen LogP contribution in [0, 0.1) is 17.8 Å². The fourth-order valence-electron chi connectivity index (χ4n) is 8.56. The number of aliphatic carboxylic acids is 2. The highest BCUT2D eigenvalue weighted by Crippen LogP contribution is 2.24. The number of rotatable bonds is 31. The van der Waals surface area contributed by atoms with E-state index in [4.69, 9.17) is 17.2 Å². The van der Waals surface area contributed by atoms with Gasteiger partial charge in [-0.05, 0) is 102 Å². The van der Waals surface area contributed by atoms with Gasteiger partial charge in [0.25, 0.3) is 0 Å². The topological polar surface area (TPSA) is 414 Å². The van der Waals surface area contributed by atoms with Crippen LogP contribution in [0.25, 0.3) is 0 Å². The number of carbonyl (C=O) groups excluding carboxylic acids is 10. The summed E-state index contributed by atoms with van der Waals surface area (Å²) in [5.74, 6) is -11.1. The summed E-state index contributed by atoms with van der Waals surface area (Å²) in [6.07, 6.45) is 0.908. The van der Waals surface area contributed by atoms with Gasteiger partial charge in [0.2, 0.25) is 59.1 Å². The maximum absolute atomic E-state index is 14.4. The molecule has 418 valence electrons. The second-order valence-electron chi connectivity index (χ2n) is 20.3. The lowest BCUT2D eigenvalue weighted by atomic mass is 9.98. The van der Waals surface area contributed by atoms with Crippen LogP contribution in [0.3, 0.4) is 0 Å². The van der Waals surface area contributed by atoms with Crippen LogP contribution in [-0.4, -0.2) is 171 Å². The summed E-state index contributed by atoms with van der Waals surface area (Å²) in [5.41, 5.74) is 16.7. The van der Waals surface area contributed by atoms with Crippen LogP contribution < -0.4 is 54.4 Å². The largest absolute Gasteiger partial charge is 0.481 e. The maximum atomic E-state index is 14.4. The van der Waals surface area contributed by atoms with E-state index >= 15 is 0 Å². The third-order valence-electron chi connectivity index (χ3n) is 12.8. The molecule has 0 bridgehead atoms. The minimum atomic E-state index is -1.41. The summed E-state index contributed by atoms with van der Waals surface area (Å²) in [6.45, 7) is 13.5. The van der Waals surface area contributed by atoms with E-state index in [1.807, 2.05) is 13.8 Å². The predicted octanol–water partition coefficient (Wildman–Crippen LogP) is -2.57. The second-order valence-corrected chi connectivity index (χ2v) is 20.3.